The van der Waals surface area contributed by atoms with E-state index in [1.807, 2.05) is 13.8 Å². The summed E-state index contributed by atoms with van der Waals surface area (Å²) in [5.41, 5.74) is 0. The number of amides is 2. The highest BCUT2D eigenvalue weighted by molar-refractivity contribution is 5.89. The van der Waals surface area contributed by atoms with E-state index < -0.39 is 6.04 Å². The first kappa shape index (κ1) is 15.5. The lowest BCUT2D eigenvalue weighted by molar-refractivity contribution is -0.134. The summed E-state index contributed by atoms with van der Waals surface area (Å²) < 4.78 is 4.92. The summed E-state index contributed by atoms with van der Waals surface area (Å²) in [5, 5.41) is 6.64. The van der Waals surface area contributed by atoms with Crippen LogP contribution in [0.3, 0.4) is 0 Å². The largest absolute Gasteiger partial charge is 0.344 e. The molecule has 7 heteroatoms. The molecule has 1 aliphatic rings. The quantitative estimate of drug-likeness (QED) is 0.863. The number of carbonyl (C=O) groups excluding carboxylic acids is 2. The van der Waals surface area contributed by atoms with E-state index in [4.69, 9.17) is 4.52 Å². The van der Waals surface area contributed by atoms with E-state index in [1.165, 1.54) is 0 Å². The summed E-state index contributed by atoms with van der Waals surface area (Å²) in [7, 11) is 0. The van der Waals surface area contributed by atoms with Crippen molar-refractivity contribution in [1.82, 2.24) is 20.4 Å². The molecule has 0 aliphatic carbocycles. The summed E-state index contributed by atoms with van der Waals surface area (Å²) in [6.07, 6.45) is 1.53. The Morgan fingerprint density at radius 1 is 1.43 bits per heavy atom. The van der Waals surface area contributed by atoms with Gasteiger partial charge in [-0.1, -0.05) is 19.0 Å². The molecule has 0 bridgehead atoms. The highest BCUT2D eigenvalue weighted by Crippen LogP contribution is 2.12. The van der Waals surface area contributed by atoms with Crippen molar-refractivity contribution in [1.29, 1.82) is 0 Å². The topological polar surface area (TPSA) is 88.3 Å². The van der Waals surface area contributed by atoms with Crippen LogP contribution in [0.5, 0.6) is 0 Å². The van der Waals surface area contributed by atoms with E-state index in [0.29, 0.717) is 50.0 Å². The van der Waals surface area contributed by atoms with E-state index in [-0.39, 0.29) is 11.8 Å². The molecule has 0 radical (unpaired) electrons. The van der Waals surface area contributed by atoms with Gasteiger partial charge < -0.3 is 14.7 Å². The highest BCUT2D eigenvalue weighted by atomic mass is 16.5. The van der Waals surface area contributed by atoms with E-state index in [1.54, 1.807) is 11.8 Å². The molecule has 1 atom stereocenters. The van der Waals surface area contributed by atoms with Gasteiger partial charge in [0.05, 0.1) is 0 Å². The predicted octanol–water partition coefficient (Wildman–Crippen LogP) is 0.684. The van der Waals surface area contributed by atoms with Gasteiger partial charge in [0.25, 0.3) is 0 Å². The maximum Gasteiger partial charge on any atom is 0.245 e. The van der Waals surface area contributed by atoms with Gasteiger partial charge in [0.2, 0.25) is 17.7 Å². The lowest BCUT2D eigenvalue weighted by Crippen LogP contribution is -2.45. The van der Waals surface area contributed by atoms with Gasteiger partial charge in [0, 0.05) is 32.9 Å². The Hall–Kier alpha value is -1.92. The maximum atomic E-state index is 12.5. The normalized spacial score (nSPS) is 19.8. The zero-order valence-electron chi connectivity index (χ0n) is 12.8. The van der Waals surface area contributed by atoms with Crippen molar-refractivity contribution in [3.63, 3.8) is 0 Å². The Morgan fingerprint density at radius 2 is 2.19 bits per heavy atom. The number of carbonyl (C=O) groups is 2. The highest BCUT2D eigenvalue weighted by Gasteiger charge is 2.30. The summed E-state index contributed by atoms with van der Waals surface area (Å²) in [6, 6.07) is -0.424. The molecule has 0 spiro atoms. The first-order valence-corrected chi connectivity index (χ1v) is 7.33. The molecule has 2 rings (SSSR count). The van der Waals surface area contributed by atoms with Crippen LogP contribution in [0.4, 0.5) is 0 Å². The number of nitrogens with one attached hydrogen (secondary N) is 1. The fourth-order valence-electron chi connectivity index (χ4n) is 2.43. The Labute approximate surface area is 124 Å². The molecule has 1 N–H and O–H groups in total. The van der Waals surface area contributed by atoms with Crippen LogP contribution in [0.15, 0.2) is 4.52 Å². The van der Waals surface area contributed by atoms with Crippen LogP contribution in [-0.4, -0.2) is 46.0 Å². The lowest BCUT2D eigenvalue weighted by atomic mass is 10.0. The molecule has 0 aromatic carbocycles. The molecule has 7 nitrogen and oxygen atoms in total. The molecule has 21 heavy (non-hydrogen) atoms. The minimum Gasteiger partial charge on any atom is -0.344 e. The third-order valence-corrected chi connectivity index (χ3v) is 3.44. The summed E-state index contributed by atoms with van der Waals surface area (Å²) >= 11 is 0. The van der Waals surface area contributed by atoms with E-state index in [2.05, 4.69) is 15.5 Å². The molecular weight excluding hydrogens is 272 g/mol. The molecule has 1 saturated heterocycles. The smallest absolute Gasteiger partial charge is 0.245 e. The zero-order valence-corrected chi connectivity index (χ0v) is 12.8. The molecule has 2 heterocycles. The molecule has 1 fully saturated rings. The first-order chi connectivity index (χ1) is 9.95. The van der Waals surface area contributed by atoms with Crippen LogP contribution in [0.1, 0.15) is 38.4 Å². The van der Waals surface area contributed by atoms with E-state index in [0.717, 1.165) is 0 Å². The number of aryl methyl sites for hydroxylation is 1. The van der Waals surface area contributed by atoms with Gasteiger partial charge in [0.1, 0.15) is 6.04 Å². The molecule has 1 aromatic rings. The van der Waals surface area contributed by atoms with Crippen LogP contribution in [0.25, 0.3) is 0 Å². The molecule has 1 aliphatic heterocycles. The van der Waals surface area contributed by atoms with Gasteiger partial charge >= 0.3 is 0 Å². The molecule has 0 saturated carbocycles. The van der Waals surface area contributed by atoms with Crippen LogP contribution in [0, 0.1) is 12.8 Å². The third-order valence-electron chi connectivity index (χ3n) is 3.44. The second kappa shape index (κ2) is 6.69. The van der Waals surface area contributed by atoms with Crippen LogP contribution < -0.4 is 5.32 Å². The monoisotopic (exact) mass is 294 g/mol. The number of rotatable bonds is 5. The number of hydrogen-bond donors (Lipinski definition) is 1. The van der Waals surface area contributed by atoms with Crippen molar-refractivity contribution in [3.8, 4) is 0 Å². The zero-order chi connectivity index (χ0) is 15.4. The lowest BCUT2D eigenvalue weighted by Gasteiger charge is -2.24. The van der Waals surface area contributed by atoms with Gasteiger partial charge in [-0.05, 0) is 12.3 Å². The molecule has 1 unspecified atom stereocenters. The van der Waals surface area contributed by atoms with Crippen LogP contribution in [-0.2, 0) is 16.0 Å². The van der Waals surface area contributed by atoms with Crippen molar-refractivity contribution in [2.75, 3.05) is 13.1 Å². The van der Waals surface area contributed by atoms with Crippen LogP contribution >= 0.6 is 0 Å². The average Bonchev–Trinajstić information content (AvgIpc) is 2.77. The van der Waals surface area contributed by atoms with Gasteiger partial charge in [-0.25, -0.2) is 0 Å². The van der Waals surface area contributed by atoms with Crippen molar-refractivity contribution in [3.05, 3.63) is 11.7 Å². The Morgan fingerprint density at radius 3 is 2.81 bits per heavy atom. The van der Waals surface area contributed by atoms with Crippen LogP contribution in [0.2, 0.25) is 0 Å². The second-order valence-corrected chi connectivity index (χ2v) is 5.80. The summed E-state index contributed by atoms with van der Waals surface area (Å²) in [5.74, 6) is 1.37. The van der Waals surface area contributed by atoms with E-state index in [9.17, 15) is 9.59 Å². The second-order valence-electron chi connectivity index (χ2n) is 5.80. The predicted molar refractivity (Wildman–Crippen MR) is 75.3 cm³/mol. The van der Waals surface area contributed by atoms with Gasteiger partial charge in [-0.2, -0.15) is 4.98 Å². The van der Waals surface area contributed by atoms with Crippen molar-refractivity contribution in [2.45, 2.75) is 46.1 Å². The SMILES string of the molecule is Cc1nc(CCN2CCC(=O)NC(CC(C)C)C2=O)no1. The molecule has 2 amide bonds. The summed E-state index contributed by atoms with van der Waals surface area (Å²) in [4.78, 5) is 30.1. The van der Waals surface area contributed by atoms with Gasteiger partial charge in [0.15, 0.2) is 5.82 Å². The average molecular weight is 294 g/mol. The minimum atomic E-state index is -0.424. The Kier molecular flexibility index (Phi) is 4.93. The molecule has 1 aromatic heterocycles. The van der Waals surface area contributed by atoms with Gasteiger partial charge in [-0.15, -0.1) is 0 Å². The van der Waals surface area contributed by atoms with Crippen molar-refractivity contribution >= 4 is 11.8 Å². The Balaban J connectivity index is 1.99. The number of aromatic nitrogens is 2. The maximum absolute atomic E-state index is 12.5. The minimum absolute atomic E-state index is 0.0187. The first-order valence-electron chi connectivity index (χ1n) is 7.33. The summed E-state index contributed by atoms with van der Waals surface area (Å²) in [6.45, 7) is 6.75. The Bertz CT molecular complexity index is 512. The van der Waals surface area contributed by atoms with Crippen molar-refractivity contribution < 1.29 is 14.1 Å². The van der Waals surface area contributed by atoms with E-state index >= 15 is 0 Å². The van der Waals surface area contributed by atoms with Crippen molar-refractivity contribution in [2.24, 2.45) is 5.92 Å². The molecule has 116 valence electrons. The fraction of sp³-hybridized carbons (Fsp3) is 0.714. The number of hydrogen-bond acceptors (Lipinski definition) is 5. The fourth-order valence-corrected chi connectivity index (χ4v) is 2.43. The third kappa shape index (κ3) is 4.27. The van der Waals surface area contributed by atoms with Gasteiger partial charge in [-0.3, -0.25) is 9.59 Å². The number of nitrogens with zero attached hydrogens (tertiary/aromatic N) is 3. The standard InChI is InChI=1S/C14H22N4O3/c1-9(2)8-11-14(20)18(7-5-13(19)16-11)6-4-12-15-10(3)21-17-12/h9,11H,4-8H2,1-3H3,(H,16,19). The molecular formula is C14H22N4O3.